The zero-order valence-corrected chi connectivity index (χ0v) is 21.5. The lowest BCUT2D eigenvalue weighted by molar-refractivity contribution is -0.0373. The molecule has 1 atom stereocenters. The van der Waals surface area contributed by atoms with Crippen molar-refractivity contribution in [3.63, 3.8) is 0 Å². The normalized spacial score (nSPS) is 19.4. The van der Waals surface area contributed by atoms with Gasteiger partial charge in [-0.15, -0.1) is 0 Å². The van der Waals surface area contributed by atoms with Gasteiger partial charge in [-0.25, -0.2) is 0 Å². The number of piperazine rings is 1. The van der Waals surface area contributed by atoms with Gasteiger partial charge in [0.1, 0.15) is 5.82 Å². The van der Waals surface area contributed by atoms with Crippen LogP contribution in [0.15, 0.2) is 41.2 Å². The summed E-state index contributed by atoms with van der Waals surface area (Å²) in [5.41, 5.74) is 9.23. The van der Waals surface area contributed by atoms with Crippen LogP contribution < -0.4 is 21.9 Å². The van der Waals surface area contributed by atoms with E-state index in [1.807, 2.05) is 13.8 Å². The van der Waals surface area contributed by atoms with Gasteiger partial charge in [-0.05, 0) is 50.8 Å². The van der Waals surface area contributed by atoms with Crippen molar-refractivity contribution in [2.24, 2.45) is 0 Å². The molecule has 9 nitrogen and oxygen atoms in total. The lowest BCUT2D eigenvalue weighted by Crippen LogP contribution is -2.56. The molecule has 4 N–H and O–H groups in total. The Morgan fingerprint density at radius 3 is 2.39 bits per heavy atom. The zero-order valence-electron chi connectivity index (χ0n) is 21.5. The molecule has 192 valence electrons. The van der Waals surface area contributed by atoms with E-state index in [9.17, 15) is 4.79 Å². The van der Waals surface area contributed by atoms with Crippen LogP contribution in [0.3, 0.4) is 0 Å². The van der Waals surface area contributed by atoms with Crippen LogP contribution in [0, 0.1) is 0 Å². The summed E-state index contributed by atoms with van der Waals surface area (Å²) in [6.45, 7) is 11.8. The molecule has 2 saturated heterocycles. The molecular weight excluding hydrogens is 454 g/mol. The minimum atomic E-state index is -0.100. The Morgan fingerprint density at radius 1 is 1.03 bits per heavy atom. The Morgan fingerprint density at radius 2 is 1.72 bits per heavy atom. The Hall–Kier alpha value is -3.01. The molecule has 36 heavy (non-hydrogen) atoms. The maximum atomic E-state index is 12.5. The van der Waals surface area contributed by atoms with Gasteiger partial charge < -0.3 is 21.1 Å². The molecule has 0 saturated carbocycles. The first-order valence-corrected chi connectivity index (χ1v) is 13.0. The fourth-order valence-corrected chi connectivity index (χ4v) is 5.67. The summed E-state index contributed by atoms with van der Waals surface area (Å²) in [6, 6.07) is 12.1. The smallest absolute Gasteiger partial charge is 0.252 e. The van der Waals surface area contributed by atoms with Gasteiger partial charge in [0.25, 0.3) is 5.56 Å². The highest BCUT2D eigenvalue weighted by Gasteiger charge is 2.40. The van der Waals surface area contributed by atoms with Crippen LogP contribution >= 0.6 is 0 Å². The third-order valence-electron chi connectivity index (χ3n) is 7.67. The molecule has 0 aliphatic carbocycles. The molecular formula is C27H37N7O2. The molecule has 2 aliphatic rings. The molecule has 0 unspecified atom stereocenters. The van der Waals surface area contributed by atoms with E-state index in [-0.39, 0.29) is 23.2 Å². The van der Waals surface area contributed by atoms with Crippen LogP contribution in [-0.4, -0.2) is 58.8 Å². The predicted octanol–water partition coefficient (Wildman–Crippen LogP) is 3.04. The molecule has 0 bridgehead atoms. The van der Waals surface area contributed by atoms with Crippen LogP contribution in [0.1, 0.15) is 56.8 Å². The number of hydrogen-bond acceptors (Lipinski definition) is 8. The number of nitrogens with zero attached hydrogens (tertiary/aromatic N) is 4. The standard InChI is InChI=1S/C27H37N7O2/c1-18(2)34-23(35)9-8-22-24(28)31-26(32-25(22)34)30-19(3)20-4-6-21(7-5-20)27(10-16-36-17-11-27)33-14-12-29-13-15-33/h4-9,18-19,29H,10-17H2,1-3H3,(H3,28,30,31,32)/t19-/m0/s1. The highest BCUT2D eigenvalue weighted by atomic mass is 16.5. The number of benzene rings is 1. The van der Waals surface area contributed by atoms with Crippen molar-refractivity contribution >= 4 is 22.8 Å². The van der Waals surface area contributed by atoms with E-state index < -0.39 is 0 Å². The molecule has 5 rings (SSSR count). The van der Waals surface area contributed by atoms with Gasteiger partial charge in [-0.1, -0.05) is 24.3 Å². The van der Waals surface area contributed by atoms with Crippen molar-refractivity contribution in [3.8, 4) is 0 Å². The number of nitrogens with one attached hydrogen (secondary N) is 2. The molecule has 1 aromatic carbocycles. The van der Waals surface area contributed by atoms with E-state index in [2.05, 4.69) is 56.7 Å². The quantitative estimate of drug-likeness (QED) is 0.483. The van der Waals surface area contributed by atoms with Crippen molar-refractivity contribution in [3.05, 3.63) is 57.9 Å². The molecule has 2 aromatic heterocycles. The number of hydrogen-bond donors (Lipinski definition) is 3. The second-order valence-corrected chi connectivity index (χ2v) is 10.2. The summed E-state index contributed by atoms with van der Waals surface area (Å²) >= 11 is 0. The average molecular weight is 492 g/mol. The maximum absolute atomic E-state index is 12.5. The SMILES string of the molecule is CC(C)n1c(=O)ccc2c(N)nc(N[C@@H](C)c3ccc(C4(N5CCNCC5)CCOCC4)cc3)nc21. The highest BCUT2D eigenvalue weighted by Crippen LogP contribution is 2.39. The van der Waals surface area contributed by atoms with Crippen molar-refractivity contribution in [1.29, 1.82) is 0 Å². The Bertz CT molecular complexity index is 1260. The van der Waals surface area contributed by atoms with Crippen molar-refractivity contribution in [2.45, 2.75) is 51.2 Å². The van der Waals surface area contributed by atoms with E-state index >= 15 is 0 Å². The van der Waals surface area contributed by atoms with Crippen molar-refractivity contribution < 1.29 is 4.74 Å². The van der Waals surface area contributed by atoms with Crippen LogP contribution in [0.2, 0.25) is 0 Å². The van der Waals surface area contributed by atoms with Gasteiger partial charge in [0.2, 0.25) is 5.95 Å². The van der Waals surface area contributed by atoms with E-state index in [0.717, 1.165) is 57.8 Å². The molecule has 0 radical (unpaired) electrons. The molecule has 2 fully saturated rings. The van der Waals surface area contributed by atoms with Gasteiger partial charge in [-0.3, -0.25) is 14.3 Å². The molecule has 3 aromatic rings. The summed E-state index contributed by atoms with van der Waals surface area (Å²) in [5, 5.41) is 7.55. The summed E-state index contributed by atoms with van der Waals surface area (Å²) < 4.78 is 7.39. The van der Waals surface area contributed by atoms with Crippen LogP contribution in [-0.2, 0) is 10.3 Å². The molecule has 0 spiro atoms. The molecule has 0 amide bonds. The molecule has 4 heterocycles. The number of fused-ring (bicyclic) bond motifs is 1. The lowest BCUT2D eigenvalue weighted by Gasteiger charge is -2.48. The number of nitrogens with two attached hydrogens (primary N) is 1. The minimum Gasteiger partial charge on any atom is -0.383 e. The van der Waals surface area contributed by atoms with Crippen LogP contribution in [0.25, 0.3) is 11.0 Å². The Balaban J connectivity index is 1.40. The second-order valence-electron chi connectivity index (χ2n) is 10.2. The summed E-state index contributed by atoms with van der Waals surface area (Å²) in [5.74, 6) is 0.773. The van der Waals surface area contributed by atoms with Gasteiger partial charge in [0, 0.05) is 51.5 Å². The lowest BCUT2D eigenvalue weighted by atomic mass is 9.80. The number of anilines is 2. The minimum absolute atomic E-state index is 0.0337. The van der Waals surface area contributed by atoms with Crippen molar-refractivity contribution in [1.82, 2.24) is 24.8 Å². The highest BCUT2D eigenvalue weighted by molar-refractivity contribution is 5.86. The van der Waals surface area contributed by atoms with Crippen LogP contribution in [0.5, 0.6) is 0 Å². The number of nitrogen functional groups attached to an aromatic ring is 1. The monoisotopic (exact) mass is 491 g/mol. The first kappa shape index (κ1) is 24.7. The van der Waals surface area contributed by atoms with Gasteiger partial charge in [-0.2, -0.15) is 9.97 Å². The third kappa shape index (κ3) is 4.58. The fourth-order valence-electron chi connectivity index (χ4n) is 5.67. The topological polar surface area (TPSA) is 110 Å². The van der Waals surface area contributed by atoms with E-state index in [0.29, 0.717) is 22.8 Å². The Kier molecular flexibility index (Phi) is 6.96. The largest absolute Gasteiger partial charge is 0.383 e. The number of rotatable bonds is 6. The van der Waals surface area contributed by atoms with E-state index in [1.54, 1.807) is 10.6 Å². The van der Waals surface area contributed by atoms with Crippen molar-refractivity contribution in [2.75, 3.05) is 50.4 Å². The van der Waals surface area contributed by atoms with Gasteiger partial charge in [0.05, 0.1) is 17.0 Å². The van der Waals surface area contributed by atoms with Crippen LogP contribution in [0.4, 0.5) is 11.8 Å². The van der Waals surface area contributed by atoms with Gasteiger partial charge in [0.15, 0.2) is 5.65 Å². The molecule has 9 heteroatoms. The number of pyridine rings is 1. The summed E-state index contributed by atoms with van der Waals surface area (Å²) in [6.07, 6.45) is 2.03. The fraction of sp³-hybridized carbons (Fsp3) is 0.519. The second kappa shape index (κ2) is 10.2. The number of aromatic nitrogens is 3. The predicted molar refractivity (Wildman–Crippen MR) is 143 cm³/mol. The molecule has 2 aliphatic heterocycles. The van der Waals surface area contributed by atoms with E-state index in [4.69, 9.17) is 10.5 Å². The third-order valence-corrected chi connectivity index (χ3v) is 7.67. The summed E-state index contributed by atoms with van der Waals surface area (Å²) in [4.78, 5) is 24.3. The first-order valence-electron chi connectivity index (χ1n) is 13.0. The maximum Gasteiger partial charge on any atom is 0.252 e. The zero-order chi connectivity index (χ0) is 25.3. The van der Waals surface area contributed by atoms with Gasteiger partial charge >= 0.3 is 0 Å². The Labute approximate surface area is 212 Å². The average Bonchev–Trinajstić information content (AvgIpc) is 2.89. The summed E-state index contributed by atoms with van der Waals surface area (Å²) in [7, 11) is 0. The first-order chi connectivity index (χ1) is 17.4. The van der Waals surface area contributed by atoms with E-state index in [1.165, 1.54) is 11.6 Å². The number of ether oxygens (including phenoxy) is 1.